The number of benzene rings is 1. The van der Waals surface area contributed by atoms with Crippen LogP contribution < -0.4 is 0 Å². The van der Waals surface area contributed by atoms with E-state index in [0.29, 0.717) is 5.82 Å². The Bertz CT molecular complexity index is 903. The molecule has 110 valence electrons. The van der Waals surface area contributed by atoms with Crippen molar-refractivity contribution in [1.29, 1.82) is 0 Å². The molecule has 0 aliphatic carbocycles. The summed E-state index contributed by atoms with van der Waals surface area (Å²) in [5.41, 5.74) is 4.61. The molecule has 4 rings (SSSR count). The van der Waals surface area contributed by atoms with Crippen LogP contribution in [0.1, 0.15) is 0 Å². The highest BCUT2D eigenvalue weighted by atomic mass is 15.5. The number of hydrogen-bond donors (Lipinski definition) is 1. The third kappa shape index (κ3) is 2.67. The summed E-state index contributed by atoms with van der Waals surface area (Å²) in [6, 6.07) is 11.9. The molecule has 1 N–H and O–H groups in total. The van der Waals surface area contributed by atoms with Gasteiger partial charge in [-0.1, -0.05) is 24.3 Å². The Kier molecular flexibility index (Phi) is 3.28. The second-order valence-electron chi connectivity index (χ2n) is 4.85. The topological polar surface area (TPSA) is 93.1 Å². The van der Waals surface area contributed by atoms with Gasteiger partial charge in [-0.25, -0.2) is 5.10 Å². The summed E-state index contributed by atoms with van der Waals surface area (Å²) >= 11 is 0. The van der Waals surface area contributed by atoms with Gasteiger partial charge in [0.25, 0.3) is 0 Å². The number of aromatic nitrogens is 7. The summed E-state index contributed by atoms with van der Waals surface area (Å²) < 4.78 is 0. The summed E-state index contributed by atoms with van der Waals surface area (Å²) in [6.45, 7) is 0. The maximum absolute atomic E-state index is 4.36. The zero-order chi connectivity index (χ0) is 15.5. The number of pyridine rings is 1. The summed E-state index contributed by atoms with van der Waals surface area (Å²) in [4.78, 5) is 12.7. The summed E-state index contributed by atoms with van der Waals surface area (Å²) in [6.07, 6.45) is 6.77. The number of rotatable bonds is 3. The average Bonchev–Trinajstić information content (AvgIpc) is 3.17. The van der Waals surface area contributed by atoms with Crippen LogP contribution in [0, 0.1) is 0 Å². The van der Waals surface area contributed by atoms with E-state index in [2.05, 4.69) is 35.6 Å². The van der Waals surface area contributed by atoms with Crippen LogP contribution in [0.15, 0.2) is 61.2 Å². The van der Waals surface area contributed by atoms with E-state index in [9.17, 15) is 0 Å². The summed E-state index contributed by atoms with van der Waals surface area (Å²) in [7, 11) is 0. The van der Waals surface area contributed by atoms with Crippen molar-refractivity contribution in [3.8, 4) is 33.9 Å². The predicted octanol–water partition coefficient (Wildman–Crippen LogP) is 2.39. The van der Waals surface area contributed by atoms with Crippen LogP contribution in [0.4, 0.5) is 0 Å². The molecule has 0 aliphatic rings. The van der Waals surface area contributed by atoms with Gasteiger partial charge in [0.1, 0.15) is 5.69 Å². The maximum Gasteiger partial charge on any atom is 0.179 e. The van der Waals surface area contributed by atoms with Crippen LogP contribution in [0.5, 0.6) is 0 Å². The fourth-order valence-corrected chi connectivity index (χ4v) is 2.28. The third-order valence-corrected chi connectivity index (χ3v) is 3.42. The SMILES string of the molecule is c1cnc(-c2cc(-c3ccc(-c4nnn[nH]4)cc3)ccn2)cn1. The Hall–Kier alpha value is -3.48. The summed E-state index contributed by atoms with van der Waals surface area (Å²) in [5.74, 6) is 0.645. The van der Waals surface area contributed by atoms with Crippen molar-refractivity contribution in [3.05, 3.63) is 61.2 Å². The van der Waals surface area contributed by atoms with Crippen molar-refractivity contribution in [2.24, 2.45) is 0 Å². The van der Waals surface area contributed by atoms with E-state index in [1.165, 1.54) is 0 Å². The van der Waals surface area contributed by atoms with Gasteiger partial charge in [0.2, 0.25) is 0 Å². The summed E-state index contributed by atoms with van der Waals surface area (Å²) in [5, 5.41) is 13.8. The Balaban J connectivity index is 1.68. The molecule has 0 atom stereocenters. The van der Waals surface area contributed by atoms with Gasteiger partial charge in [-0.15, -0.1) is 5.10 Å². The molecule has 1 aromatic carbocycles. The van der Waals surface area contributed by atoms with Crippen molar-refractivity contribution in [1.82, 2.24) is 35.6 Å². The minimum absolute atomic E-state index is 0.645. The molecule has 0 aliphatic heterocycles. The lowest BCUT2D eigenvalue weighted by molar-refractivity contribution is 0.881. The molecular formula is C16H11N7. The second-order valence-corrected chi connectivity index (χ2v) is 4.85. The van der Waals surface area contributed by atoms with E-state index in [4.69, 9.17) is 0 Å². The van der Waals surface area contributed by atoms with Crippen LogP contribution in [-0.2, 0) is 0 Å². The number of aromatic amines is 1. The largest absolute Gasteiger partial charge is 0.261 e. The molecule has 0 fully saturated rings. The van der Waals surface area contributed by atoms with Crippen LogP contribution in [-0.4, -0.2) is 35.6 Å². The van der Waals surface area contributed by atoms with Crippen molar-refractivity contribution in [2.75, 3.05) is 0 Å². The monoisotopic (exact) mass is 301 g/mol. The molecule has 7 heteroatoms. The number of H-pyrrole nitrogens is 1. The van der Waals surface area contributed by atoms with Crippen LogP contribution >= 0.6 is 0 Å². The molecule has 0 amide bonds. The third-order valence-electron chi connectivity index (χ3n) is 3.42. The van der Waals surface area contributed by atoms with Crippen molar-refractivity contribution in [3.63, 3.8) is 0 Å². The van der Waals surface area contributed by atoms with Gasteiger partial charge < -0.3 is 0 Å². The predicted molar refractivity (Wildman–Crippen MR) is 83.9 cm³/mol. The molecule has 0 bridgehead atoms. The van der Waals surface area contributed by atoms with Gasteiger partial charge >= 0.3 is 0 Å². The van der Waals surface area contributed by atoms with E-state index < -0.39 is 0 Å². The number of nitrogens with one attached hydrogen (secondary N) is 1. The van der Waals surface area contributed by atoms with Gasteiger partial charge in [0, 0.05) is 24.2 Å². The molecule has 0 spiro atoms. The Morgan fingerprint density at radius 2 is 1.57 bits per heavy atom. The van der Waals surface area contributed by atoms with Gasteiger partial charge in [0.15, 0.2) is 5.82 Å². The molecule has 3 aromatic heterocycles. The van der Waals surface area contributed by atoms with E-state index in [1.54, 1.807) is 24.8 Å². The van der Waals surface area contributed by atoms with E-state index >= 15 is 0 Å². The average molecular weight is 301 g/mol. The minimum Gasteiger partial charge on any atom is -0.261 e. The molecule has 7 nitrogen and oxygen atoms in total. The van der Waals surface area contributed by atoms with Crippen LogP contribution in [0.2, 0.25) is 0 Å². The van der Waals surface area contributed by atoms with Gasteiger partial charge in [-0.2, -0.15) is 0 Å². The second kappa shape index (κ2) is 5.72. The Labute approximate surface area is 131 Å². The quantitative estimate of drug-likeness (QED) is 0.624. The number of hydrogen-bond acceptors (Lipinski definition) is 6. The zero-order valence-electron chi connectivity index (χ0n) is 12.0. The highest BCUT2D eigenvalue weighted by Crippen LogP contribution is 2.25. The normalized spacial score (nSPS) is 10.6. The van der Waals surface area contributed by atoms with Gasteiger partial charge in [-0.3, -0.25) is 15.0 Å². The molecule has 23 heavy (non-hydrogen) atoms. The Morgan fingerprint density at radius 3 is 2.30 bits per heavy atom. The number of tetrazole rings is 1. The lowest BCUT2D eigenvalue weighted by atomic mass is 10.0. The van der Waals surface area contributed by atoms with E-state index in [-0.39, 0.29) is 0 Å². The van der Waals surface area contributed by atoms with E-state index in [1.807, 2.05) is 36.4 Å². The molecule has 0 radical (unpaired) electrons. The number of nitrogens with zero attached hydrogens (tertiary/aromatic N) is 6. The van der Waals surface area contributed by atoms with Crippen LogP contribution in [0.25, 0.3) is 33.9 Å². The highest BCUT2D eigenvalue weighted by molar-refractivity contribution is 5.70. The first-order chi connectivity index (χ1) is 11.4. The molecule has 4 aromatic rings. The lowest BCUT2D eigenvalue weighted by Gasteiger charge is -2.05. The molecule has 0 unspecified atom stereocenters. The molecule has 0 saturated heterocycles. The van der Waals surface area contributed by atoms with Crippen molar-refractivity contribution >= 4 is 0 Å². The molecule has 3 heterocycles. The van der Waals surface area contributed by atoms with Gasteiger partial charge in [-0.05, 0) is 33.7 Å². The Morgan fingerprint density at radius 1 is 0.739 bits per heavy atom. The first kappa shape index (κ1) is 13.2. The first-order valence-electron chi connectivity index (χ1n) is 6.97. The maximum atomic E-state index is 4.36. The van der Waals surface area contributed by atoms with Gasteiger partial charge in [0.05, 0.1) is 11.9 Å². The molecule has 0 saturated carbocycles. The minimum atomic E-state index is 0.645. The van der Waals surface area contributed by atoms with Crippen molar-refractivity contribution in [2.45, 2.75) is 0 Å². The first-order valence-corrected chi connectivity index (χ1v) is 6.97. The van der Waals surface area contributed by atoms with Crippen molar-refractivity contribution < 1.29 is 0 Å². The van der Waals surface area contributed by atoms with E-state index in [0.717, 1.165) is 28.1 Å². The fraction of sp³-hybridized carbons (Fsp3) is 0. The van der Waals surface area contributed by atoms with Crippen LogP contribution in [0.3, 0.4) is 0 Å². The smallest absolute Gasteiger partial charge is 0.179 e. The zero-order valence-corrected chi connectivity index (χ0v) is 12.0. The fourth-order valence-electron chi connectivity index (χ4n) is 2.28. The highest BCUT2D eigenvalue weighted by Gasteiger charge is 2.06. The lowest BCUT2D eigenvalue weighted by Crippen LogP contribution is -1.89. The standard InChI is InChI=1S/C16H11N7/c1-3-12(16-20-22-23-21-16)4-2-11(1)13-5-6-18-14(9-13)15-10-17-7-8-19-15/h1-10H,(H,20,21,22,23). The molecular weight excluding hydrogens is 290 g/mol.